The second-order valence-corrected chi connectivity index (χ2v) is 5.32. The molecule has 1 heterocycles. The van der Waals surface area contributed by atoms with Crippen LogP contribution >= 0.6 is 12.4 Å². The fourth-order valence-corrected chi connectivity index (χ4v) is 2.82. The molecule has 110 valence electrons. The molecule has 1 fully saturated rings. The van der Waals surface area contributed by atoms with E-state index in [2.05, 4.69) is 10.6 Å². The number of carbonyl (C=O) groups is 1. The Kier molecular flexibility index (Phi) is 5.26. The van der Waals surface area contributed by atoms with Crippen LogP contribution in [0.3, 0.4) is 0 Å². The number of halogens is 1. The summed E-state index contributed by atoms with van der Waals surface area (Å²) >= 11 is 0. The van der Waals surface area contributed by atoms with Crippen molar-refractivity contribution >= 4 is 24.0 Å². The lowest BCUT2D eigenvalue weighted by Gasteiger charge is -2.13. The van der Waals surface area contributed by atoms with Crippen molar-refractivity contribution in [2.24, 2.45) is 5.92 Å². The number of benzene rings is 1. The van der Waals surface area contributed by atoms with Crippen molar-refractivity contribution in [1.29, 1.82) is 0 Å². The van der Waals surface area contributed by atoms with E-state index in [1.807, 2.05) is 18.2 Å². The molecule has 0 radical (unpaired) electrons. The van der Waals surface area contributed by atoms with Gasteiger partial charge in [-0.2, -0.15) is 0 Å². The molecule has 0 spiro atoms. The molecule has 1 saturated carbocycles. The van der Waals surface area contributed by atoms with E-state index in [0.29, 0.717) is 6.61 Å². The number of nitrogens with one attached hydrogen (secondary N) is 2. The normalized spacial score (nSPS) is 18.4. The first-order valence-corrected chi connectivity index (χ1v) is 7.10. The van der Waals surface area contributed by atoms with Crippen LogP contribution in [0.1, 0.15) is 31.2 Å². The van der Waals surface area contributed by atoms with E-state index in [1.54, 1.807) is 0 Å². The number of hydrogen-bond acceptors (Lipinski definition) is 3. The second-order valence-electron chi connectivity index (χ2n) is 5.32. The maximum absolute atomic E-state index is 12.1. The van der Waals surface area contributed by atoms with Gasteiger partial charge in [-0.15, -0.1) is 12.4 Å². The van der Waals surface area contributed by atoms with Gasteiger partial charge in [0.2, 0.25) is 5.91 Å². The number of ether oxygens (including phenoxy) is 1. The summed E-state index contributed by atoms with van der Waals surface area (Å²) in [5.74, 6) is 1.29. The average Bonchev–Trinajstić information content (AvgIpc) is 2.85. The molecule has 0 aromatic heterocycles. The summed E-state index contributed by atoms with van der Waals surface area (Å²) in [6, 6.07) is 5.89. The Balaban J connectivity index is 0.00000147. The van der Waals surface area contributed by atoms with Crippen molar-refractivity contribution in [3.8, 4) is 5.75 Å². The molecule has 1 aromatic rings. The Labute approximate surface area is 125 Å². The molecule has 0 atom stereocenters. The lowest BCUT2D eigenvalue weighted by atomic mass is 10.1. The highest BCUT2D eigenvalue weighted by molar-refractivity contribution is 5.92. The minimum Gasteiger partial charge on any atom is -0.492 e. The molecule has 20 heavy (non-hydrogen) atoms. The first-order chi connectivity index (χ1) is 9.33. The molecular weight excluding hydrogens is 276 g/mol. The number of anilines is 1. The Morgan fingerprint density at radius 2 is 2.10 bits per heavy atom. The predicted molar refractivity (Wildman–Crippen MR) is 81.5 cm³/mol. The van der Waals surface area contributed by atoms with E-state index < -0.39 is 0 Å². The SMILES string of the molecule is Cl.O=C(Nc1ccc2c(c1)CNCCO2)C1CCCC1. The average molecular weight is 297 g/mol. The van der Waals surface area contributed by atoms with Crippen LogP contribution in [0.5, 0.6) is 5.75 Å². The topological polar surface area (TPSA) is 50.4 Å². The van der Waals surface area contributed by atoms with E-state index in [1.165, 1.54) is 12.8 Å². The lowest BCUT2D eigenvalue weighted by molar-refractivity contribution is -0.119. The van der Waals surface area contributed by atoms with Crippen molar-refractivity contribution in [2.75, 3.05) is 18.5 Å². The van der Waals surface area contributed by atoms with Gasteiger partial charge in [-0.25, -0.2) is 0 Å². The van der Waals surface area contributed by atoms with Crippen LogP contribution in [0.2, 0.25) is 0 Å². The highest BCUT2D eigenvalue weighted by atomic mass is 35.5. The summed E-state index contributed by atoms with van der Waals surface area (Å²) in [5, 5.41) is 6.33. The Bertz CT molecular complexity index is 473. The molecule has 0 unspecified atom stereocenters. The first kappa shape index (κ1) is 15.1. The van der Waals surface area contributed by atoms with Crippen molar-refractivity contribution < 1.29 is 9.53 Å². The molecule has 1 aromatic carbocycles. The van der Waals surface area contributed by atoms with Crippen molar-refractivity contribution in [1.82, 2.24) is 5.32 Å². The molecule has 1 amide bonds. The Morgan fingerprint density at radius 3 is 2.90 bits per heavy atom. The van der Waals surface area contributed by atoms with Crippen molar-refractivity contribution in [3.63, 3.8) is 0 Å². The number of fused-ring (bicyclic) bond motifs is 1. The molecule has 1 aliphatic heterocycles. The van der Waals surface area contributed by atoms with Crippen LogP contribution in [0.4, 0.5) is 5.69 Å². The maximum Gasteiger partial charge on any atom is 0.227 e. The van der Waals surface area contributed by atoms with Crippen molar-refractivity contribution in [2.45, 2.75) is 32.2 Å². The summed E-state index contributed by atoms with van der Waals surface area (Å²) in [6.07, 6.45) is 4.42. The zero-order valence-corrected chi connectivity index (χ0v) is 12.3. The number of rotatable bonds is 2. The third-order valence-electron chi connectivity index (χ3n) is 3.91. The van der Waals surface area contributed by atoms with E-state index >= 15 is 0 Å². The van der Waals surface area contributed by atoms with Crippen LogP contribution in [0, 0.1) is 5.92 Å². The fraction of sp³-hybridized carbons (Fsp3) is 0.533. The summed E-state index contributed by atoms with van der Waals surface area (Å²) in [7, 11) is 0. The standard InChI is InChI=1S/C15H20N2O2.ClH/c18-15(11-3-1-2-4-11)17-13-5-6-14-12(9-13)10-16-7-8-19-14;/h5-6,9,11,16H,1-4,7-8,10H2,(H,17,18);1H. The number of hydrogen-bond donors (Lipinski definition) is 2. The van der Waals surface area contributed by atoms with Gasteiger partial charge in [0.05, 0.1) is 0 Å². The smallest absolute Gasteiger partial charge is 0.227 e. The Morgan fingerprint density at radius 1 is 1.30 bits per heavy atom. The van der Waals surface area contributed by atoms with Gasteiger partial charge in [0.15, 0.2) is 0 Å². The molecule has 4 nitrogen and oxygen atoms in total. The zero-order valence-electron chi connectivity index (χ0n) is 11.5. The maximum atomic E-state index is 12.1. The van der Waals surface area contributed by atoms with Gasteiger partial charge < -0.3 is 15.4 Å². The molecule has 3 rings (SSSR count). The van der Waals surface area contributed by atoms with Gasteiger partial charge >= 0.3 is 0 Å². The lowest BCUT2D eigenvalue weighted by Crippen LogP contribution is -2.20. The quantitative estimate of drug-likeness (QED) is 0.882. The minimum atomic E-state index is 0. The minimum absolute atomic E-state index is 0. The predicted octanol–water partition coefficient (Wildman–Crippen LogP) is 2.72. The highest BCUT2D eigenvalue weighted by Gasteiger charge is 2.22. The molecule has 5 heteroatoms. The van der Waals surface area contributed by atoms with Gasteiger partial charge in [-0.1, -0.05) is 12.8 Å². The van der Waals surface area contributed by atoms with E-state index in [0.717, 1.165) is 42.9 Å². The zero-order chi connectivity index (χ0) is 13.1. The summed E-state index contributed by atoms with van der Waals surface area (Å²) in [6.45, 7) is 2.35. The monoisotopic (exact) mass is 296 g/mol. The molecule has 0 bridgehead atoms. The van der Waals surface area contributed by atoms with Gasteiger partial charge in [-0.05, 0) is 31.0 Å². The van der Waals surface area contributed by atoms with Gasteiger partial charge in [0.1, 0.15) is 12.4 Å². The fourth-order valence-electron chi connectivity index (χ4n) is 2.82. The summed E-state index contributed by atoms with van der Waals surface area (Å²) in [4.78, 5) is 12.1. The number of carbonyl (C=O) groups excluding carboxylic acids is 1. The van der Waals surface area contributed by atoms with Gasteiger partial charge in [0, 0.05) is 30.3 Å². The third-order valence-corrected chi connectivity index (χ3v) is 3.91. The van der Waals surface area contributed by atoms with Gasteiger partial charge in [-0.3, -0.25) is 4.79 Å². The molecule has 2 N–H and O–H groups in total. The summed E-state index contributed by atoms with van der Waals surface area (Å²) in [5.41, 5.74) is 1.99. The Hall–Kier alpha value is -1.26. The van der Waals surface area contributed by atoms with E-state index in [4.69, 9.17) is 4.74 Å². The molecular formula is C15H21ClN2O2. The van der Waals surface area contributed by atoms with Crippen LogP contribution in [0.15, 0.2) is 18.2 Å². The first-order valence-electron chi connectivity index (χ1n) is 7.10. The molecule has 2 aliphatic rings. The van der Waals surface area contributed by atoms with Gasteiger partial charge in [0.25, 0.3) is 0 Å². The number of amides is 1. The van der Waals surface area contributed by atoms with E-state index in [9.17, 15) is 4.79 Å². The third kappa shape index (κ3) is 3.44. The highest BCUT2D eigenvalue weighted by Crippen LogP contribution is 2.28. The second kappa shape index (κ2) is 6.95. The molecule has 1 aliphatic carbocycles. The van der Waals surface area contributed by atoms with Crippen LogP contribution in [-0.2, 0) is 11.3 Å². The van der Waals surface area contributed by atoms with Crippen molar-refractivity contribution in [3.05, 3.63) is 23.8 Å². The van der Waals surface area contributed by atoms with Crippen LogP contribution in [0.25, 0.3) is 0 Å². The summed E-state index contributed by atoms with van der Waals surface area (Å²) < 4.78 is 5.63. The van der Waals surface area contributed by atoms with E-state index in [-0.39, 0.29) is 24.2 Å². The molecule has 0 saturated heterocycles. The van der Waals surface area contributed by atoms with Crippen LogP contribution in [-0.4, -0.2) is 19.1 Å². The van der Waals surface area contributed by atoms with Crippen LogP contribution < -0.4 is 15.4 Å². The largest absolute Gasteiger partial charge is 0.492 e.